The molecule has 4 nitrogen and oxygen atoms in total. The first-order chi connectivity index (χ1) is 15.9. The number of nitrogens with one attached hydrogen (secondary N) is 2. The summed E-state index contributed by atoms with van der Waals surface area (Å²) in [5, 5.41) is 7.31. The SMILES string of the molecule is CC(C)NC(=O)C([AsH]CC1CCCCC1)c1ccc(C=CC(=O)Nc2ccccc2[AsH2])cc1. The first-order valence-electron chi connectivity index (χ1n) is 11.9. The molecule has 2 N–H and O–H groups in total. The van der Waals surface area contributed by atoms with E-state index in [-0.39, 0.29) is 22.6 Å². The van der Waals surface area contributed by atoms with Crippen molar-refractivity contribution in [2.24, 2.45) is 5.92 Å². The molecule has 1 saturated carbocycles. The van der Waals surface area contributed by atoms with Crippen LogP contribution in [0.15, 0.2) is 54.6 Å². The molecular weight excluding hydrogens is 534 g/mol. The van der Waals surface area contributed by atoms with Crippen LogP contribution in [-0.2, 0) is 9.59 Å². The number of hydrogen-bond acceptors (Lipinski definition) is 2. The van der Waals surface area contributed by atoms with E-state index in [2.05, 4.69) is 22.8 Å². The molecule has 2 amide bonds. The summed E-state index contributed by atoms with van der Waals surface area (Å²) in [7, 11) is 0. The molecule has 176 valence electrons. The Kier molecular flexibility index (Phi) is 10.3. The molecule has 0 bridgehead atoms. The Hall–Kier alpha value is -1.76. The molecule has 2 aromatic rings. The molecule has 0 radical (unpaired) electrons. The molecule has 0 aromatic heterocycles. The predicted molar refractivity (Wildman–Crippen MR) is 143 cm³/mol. The van der Waals surface area contributed by atoms with E-state index >= 15 is 0 Å². The fourth-order valence-electron chi connectivity index (χ4n) is 4.16. The van der Waals surface area contributed by atoms with E-state index in [4.69, 9.17) is 0 Å². The van der Waals surface area contributed by atoms with Crippen LogP contribution in [0.2, 0.25) is 5.21 Å². The number of carbonyl (C=O) groups is 2. The summed E-state index contributed by atoms with van der Waals surface area (Å²) in [5.41, 5.74) is 2.91. The second-order valence-corrected chi connectivity index (χ2v) is 13.3. The molecule has 0 heterocycles. The summed E-state index contributed by atoms with van der Waals surface area (Å²) in [6.07, 6.45) is 10.1. The first-order valence-corrected chi connectivity index (χ1v) is 15.8. The molecule has 0 aliphatic heterocycles. The van der Waals surface area contributed by atoms with Crippen LogP contribution in [0.3, 0.4) is 0 Å². The van der Waals surface area contributed by atoms with Gasteiger partial charge in [0, 0.05) is 0 Å². The van der Waals surface area contributed by atoms with Gasteiger partial charge >= 0.3 is 214 Å². The van der Waals surface area contributed by atoms with Gasteiger partial charge in [0.05, 0.1) is 0 Å². The van der Waals surface area contributed by atoms with Crippen molar-refractivity contribution in [3.63, 3.8) is 0 Å². The zero-order valence-corrected chi connectivity index (χ0v) is 24.2. The molecule has 3 unspecified atom stereocenters. The molecule has 1 aliphatic rings. The molecule has 0 spiro atoms. The van der Waals surface area contributed by atoms with Gasteiger partial charge in [0.15, 0.2) is 0 Å². The van der Waals surface area contributed by atoms with Crippen LogP contribution < -0.4 is 15.0 Å². The first kappa shape index (κ1) is 25.9. The number of rotatable bonds is 9. The van der Waals surface area contributed by atoms with Crippen LogP contribution in [0.4, 0.5) is 5.69 Å². The van der Waals surface area contributed by atoms with Crippen molar-refractivity contribution >= 4 is 60.5 Å². The summed E-state index contributed by atoms with van der Waals surface area (Å²) in [4.78, 5) is 25.3. The fraction of sp³-hybridized carbons (Fsp3) is 0.407. The Morgan fingerprint density at radius 1 is 1.06 bits per heavy atom. The second-order valence-electron chi connectivity index (χ2n) is 9.09. The molecule has 0 saturated heterocycles. The molecule has 33 heavy (non-hydrogen) atoms. The van der Waals surface area contributed by atoms with Gasteiger partial charge in [-0.3, -0.25) is 0 Å². The minimum absolute atomic E-state index is 0.00131. The molecular formula is C27H36As2N2O2. The molecule has 1 fully saturated rings. The summed E-state index contributed by atoms with van der Waals surface area (Å²) < 4.78 is 1.09. The molecule has 3 rings (SSSR count). The number of para-hydroxylation sites is 1. The number of benzene rings is 2. The monoisotopic (exact) mass is 570 g/mol. The number of hydrogen-bond donors (Lipinski definition) is 2. The predicted octanol–water partition coefficient (Wildman–Crippen LogP) is 3.60. The van der Waals surface area contributed by atoms with Crippen LogP contribution >= 0.6 is 0 Å². The van der Waals surface area contributed by atoms with E-state index in [1.54, 1.807) is 6.08 Å². The number of amides is 2. The van der Waals surface area contributed by atoms with Gasteiger partial charge in [0.1, 0.15) is 0 Å². The van der Waals surface area contributed by atoms with Crippen molar-refractivity contribution in [1.29, 1.82) is 0 Å². The van der Waals surface area contributed by atoms with Gasteiger partial charge in [-0.1, -0.05) is 0 Å². The Morgan fingerprint density at radius 3 is 2.42 bits per heavy atom. The average Bonchev–Trinajstić information content (AvgIpc) is 2.80. The van der Waals surface area contributed by atoms with Crippen LogP contribution in [0, 0.1) is 5.92 Å². The molecule has 6 heteroatoms. The van der Waals surface area contributed by atoms with Crippen molar-refractivity contribution in [2.75, 3.05) is 5.32 Å². The minimum atomic E-state index is -0.429. The molecule has 3 atom stereocenters. The quantitative estimate of drug-likeness (QED) is 0.358. The van der Waals surface area contributed by atoms with E-state index in [9.17, 15) is 9.59 Å². The van der Waals surface area contributed by atoms with E-state index < -0.39 is 15.8 Å². The topological polar surface area (TPSA) is 58.2 Å². The standard InChI is InChI=1S/C27H36As2N2O2/c1-19(2)30-27(33)26(29-18-21-8-4-3-5-9-21)22-15-12-20(13-16-22)14-17-25(32)31-24-11-7-6-10-23(24)28/h6-7,10-17,19,21,26,29H,3-5,8-9,18,28H2,1-2H3,(H,30,33)(H,31,32). The summed E-state index contributed by atoms with van der Waals surface area (Å²) in [6.45, 7) is 4.04. The molecule has 1 aliphatic carbocycles. The Balaban J connectivity index is 1.64. The summed E-state index contributed by atoms with van der Waals surface area (Å²) in [6, 6.07) is 16.1. The van der Waals surface area contributed by atoms with Gasteiger partial charge in [-0.05, 0) is 0 Å². The zero-order valence-electron chi connectivity index (χ0n) is 19.6. The van der Waals surface area contributed by atoms with Gasteiger partial charge in [-0.15, -0.1) is 0 Å². The van der Waals surface area contributed by atoms with Gasteiger partial charge in [0.25, 0.3) is 0 Å². The van der Waals surface area contributed by atoms with Gasteiger partial charge < -0.3 is 0 Å². The van der Waals surface area contributed by atoms with Gasteiger partial charge in [-0.25, -0.2) is 0 Å². The van der Waals surface area contributed by atoms with E-state index in [0.717, 1.165) is 27.1 Å². The Bertz CT molecular complexity index is 951. The fourth-order valence-corrected chi connectivity index (χ4v) is 8.26. The van der Waals surface area contributed by atoms with E-state index in [0.29, 0.717) is 0 Å². The summed E-state index contributed by atoms with van der Waals surface area (Å²) in [5.74, 6) is 0.837. The third-order valence-electron chi connectivity index (χ3n) is 5.94. The van der Waals surface area contributed by atoms with E-state index in [1.807, 2.05) is 56.3 Å². The average molecular weight is 570 g/mol. The van der Waals surface area contributed by atoms with Crippen molar-refractivity contribution < 1.29 is 9.59 Å². The van der Waals surface area contributed by atoms with Crippen molar-refractivity contribution in [1.82, 2.24) is 5.32 Å². The van der Waals surface area contributed by atoms with Crippen LogP contribution in [0.1, 0.15) is 61.8 Å². The number of anilines is 1. The maximum absolute atomic E-state index is 13.0. The van der Waals surface area contributed by atoms with E-state index in [1.165, 1.54) is 54.2 Å². The Morgan fingerprint density at radius 2 is 1.76 bits per heavy atom. The zero-order chi connectivity index (χ0) is 23.6. The third-order valence-corrected chi connectivity index (χ3v) is 10.8. The van der Waals surface area contributed by atoms with Gasteiger partial charge in [0.2, 0.25) is 0 Å². The second kappa shape index (κ2) is 13.2. The van der Waals surface area contributed by atoms with Crippen molar-refractivity contribution in [3.8, 4) is 0 Å². The van der Waals surface area contributed by atoms with Crippen molar-refractivity contribution in [3.05, 3.63) is 65.7 Å². The van der Waals surface area contributed by atoms with Crippen LogP contribution in [0.5, 0.6) is 0 Å². The van der Waals surface area contributed by atoms with Gasteiger partial charge in [-0.2, -0.15) is 0 Å². The molecule has 2 aromatic carbocycles. The normalized spacial score (nSPS) is 15.9. The summed E-state index contributed by atoms with van der Waals surface area (Å²) >= 11 is 1.06. The third kappa shape index (κ3) is 8.51. The Labute approximate surface area is 213 Å². The van der Waals surface area contributed by atoms with Crippen molar-refractivity contribution in [2.45, 2.75) is 61.9 Å². The van der Waals surface area contributed by atoms with Crippen LogP contribution in [-0.4, -0.2) is 50.5 Å². The number of carbonyl (C=O) groups excluding carboxylic acids is 2. The maximum atomic E-state index is 13.0. The van der Waals surface area contributed by atoms with Crippen LogP contribution in [0.25, 0.3) is 6.08 Å².